The van der Waals surface area contributed by atoms with E-state index in [-0.39, 0.29) is 6.54 Å². The molecule has 0 radical (unpaired) electrons. The summed E-state index contributed by atoms with van der Waals surface area (Å²) < 4.78 is 5.31. The molecule has 0 aliphatic heterocycles. The standard InChI is InChI=1S/C12H18N2O4/c1-7-6-9(8(2)18-7)10(15)4-5-14-12(17)11(16)13-3/h6,10,15H,4-5H2,1-3H3,(H,13,16)(H,14,17). The molecule has 1 atom stereocenters. The van der Waals surface area contributed by atoms with E-state index in [0.717, 1.165) is 5.76 Å². The van der Waals surface area contributed by atoms with E-state index in [1.165, 1.54) is 7.05 Å². The van der Waals surface area contributed by atoms with Gasteiger partial charge in [-0.2, -0.15) is 0 Å². The average molecular weight is 254 g/mol. The second-order valence-corrected chi connectivity index (χ2v) is 4.01. The maximum atomic E-state index is 11.1. The summed E-state index contributed by atoms with van der Waals surface area (Å²) in [5.41, 5.74) is 0.710. The second kappa shape index (κ2) is 6.20. The summed E-state index contributed by atoms with van der Waals surface area (Å²) in [5, 5.41) is 14.5. The van der Waals surface area contributed by atoms with Crippen molar-refractivity contribution in [3.8, 4) is 0 Å². The summed E-state index contributed by atoms with van der Waals surface area (Å²) in [6.07, 6.45) is -0.393. The van der Waals surface area contributed by atoms with E-state index in [1.54, 1.807) is 19.9 Å². The molecule has 1 heterocycles. The minimum Gasteiger partial charge on any atom is -0.466 e. The van der Waals surface area contributed by atoms with Crippen molar-refractivity contribution in [2.75, 3.05) is 13.6 Å². The minimum atomic E-state index is -0.715. The quantitative estimate of drug-likeness (QED) is 0.668. The molecule has 6 nitrogen and oxygen atoms in total. The van der Waals surface area contributed by atoms with Gasteiger partial charge < -0.3 is 20.2 Å². The van der Waals surface area contributed by atoms with E-state index in [0.29, 0.717) is 17.7 Å². The number of hydrogen-bond donors (Lipinski definition) is 3. The first-order chi connectivity index (χ1) is 8.45. The number of carbonyl (C=O) groups is 2. The number of aliphatic hydroxyl groups is 1. The van der Waals surface area contributed by atoms with Gasteiger partial charge in [0, 0.05) is 19.2 Å². The lowest BCUT2D eigenvalue weighted by Gasteiger charge is -2.10. The van der Waals surface area contributed by atoms with Crippen molar-refractivity contribution in [3.63, 3.8) is 0 Å². The molecule has 1 rings (SSSR count). The van der Waals surface area contributed by atoms with E-state index < -0.39 is 17.9 Å². The molecule has 1 aromatic rings. The molecular weight excluding hydrogens is 236 g/mol. The summed E-state index contributed by atoms with van der Waals surface area (Å²) >= 11 is 0. The van der Waals surface area contributed by atoms with Crippen LogP contribution in [0.25, 0.3) is 0 Å². The molecule has 3 N–H and O–H groups in total. The van der Waals surface area contributed by atoms with Crippen molar-refractivity contribution in [2.45, 2.75) is 26.4 Å². The van der Waals surface area contributed by atoms with Crippen LogP contribution in [0.2, 0.25) is 0 Å². The van der Waals surface area contributed by atoms with Crippen LogP contribution in [0, 0.1) is 13.8 Å². The Morgan fingerprint density at radius 1 is 1.39 bits per heavy atom. The third kappa shape index (κ3) is 3.59. The molecule has 18 heavy (non-hydrogen) atoms. The van der Waals surface area contributed by atoms with E-state index in [2.05, 4.69) is 10.6 Å². The highest BCUT2D eigenvalue weighted by Gasteiger charge is 2.16. The van der Waals surface area contributed by atoms with Gasteiger partial charge in [-0.25, -0.2) is 0 Å². The van der Waals surface area contributed by atoms with Gasteiger partial charge in [0.2, 0.25) is 0 Å². The fourth-order valence-electron chi connectivity index (χ4n) is 1.65. The zero-order valence-corrected chi connectivity index (χ0v) is 10.7. The predicted molar refractivity (Wildman–Crippen MR) is 64.8 cm³/mol. The first kappa shape index (κ1) is 14.2. The normalized spacial score (nSPS) is 12.0. The molecule has 0 aliphatic rings. The van der Waals surface area contributed by atoms with Crippen LogP contribution in [0.5, 0.6) is 0 Å². The molecule has 0 aliphatic carbocycles. The predicted octanol–water partition coefficient (Wildman–Crippen LogP) is 0.182. The summed E-state index contributed by atoms with van der Waals surface area (Å²) in [5.74, 6) is -0.00167. The maximum Gasteiger partial charge on any atom is 0.309 e. The fourth-order valence-corrected chi connectivity index (χ4v) is 1.65. The number of nitrogens with one attached hydrogen (secondary N) is 2. The second-order valence-electron chi connectivity index (χ2n) is 4.01. The molecule has 0 bridgehead atoms. The van der Waals surface area contributed by atoms with Crippen LogP contribution in [-0.4, -0.2) is 30.5 Å². The number of aliphatic hydroxyl groups excluding tert-OH is 1. The van der Waals surface area contributed by atoms with Crippen molar-refractivity contribution >= 4 is 11.8 Å². The van der Waals surface area contributed by atoms with Crippen molar-refractivity contribution in [1.29, 1.82) is 0 Å². The van der Waals surface area contributed by atoms with Gasteiger partial charge in [0.25, 0.3) is 0 Å². The number of hydrogen-bond acceptors (Lipinski definition) is 4. The Morgan fingerprint density at radius 3 is 2.56 bits per heavy atom. The molecule has 2 amide bonds. The molecule has 1 aromatic heterocycles. The lowest BCUT2D eigenvalue weighted by molar-refractivity contribution is -0.138. The lowest BCUT2D eigenvalue weighted by atomic mass is 10.1. The van der Waals surface area contributed by atoms with Crippen molar-refractivity contribution < 1.29 is 19.1 Å². The van der Waals surface area contributed by atoms with Crippen molar-refractivity contribution in [3.05, 3.63) is 23.2 Å². The zero-order valence-electron chi connectivity index (χ0n) is 10.7. The Morgan fingerprint density at radius 2 is 2.06 bits per heavy atom. The van der Waals surface area contributed by atoms with E-state index in [9.17, 15) is 14.7 Å². The van der Waals surface area contributed by atoms with Crippen LogP contribution in [0.1, 0.15) is 29.6 Å². The van der Waals surface area contributed by atoms with Gasteiger partial charge in [-0.3, -0.25) is 9.59 Å². The summed E-state index contributed by atoms with van der Waals surface area (Å²) in [6, 6.07) is 1.76. The molecule has 0 spiro atoms. The maximum absolute atomic E-state index is 11.1. The zero-order chi connectivity index (χ0) is 13.7. The van der Waals surface area contributed by atoms with Crippen LogP contribution in [0.15, 0.2) is 10.5 Å². The van der Waals surface area contributed by atoms with Gasteiger partial charge >= 0.3 is 11.8 Å². The number of amides is 2. The van der Waals surface area contributed by atoms with Crippen LogP contribution >= 0.6 is 0 Å². The number of carbonyl (C=O) groups excluding carboxylic acids is 2. The topological polar surface area (TPSA) is 91.6 Å². The van der Waals surface area contributed by atoms with Gasteiger partial charge in [0.15, 0.2) is 0 Å². The van der Waals surface area contributed by atoms with Gasteiger partial charge in [0.1, 0.15) is 11.5 Å². The Hall–Kier alpha value is -1.82. The minimum absolute atomic E-state index is 0.219. The summed E-state index contributed by atoms with van der Waals surface area (Å²) in [4.78, 5) is 22.1. The van der Waals surface area contributed by atoms with E-state index in [1.807, 2.05) is 0 Å². The average Bonchev–Trinajstić information content (AvgIpc) is 2.67. The smallest absolute Gasteiger partial charge is 0.309 e. The Labute approximate surface area is 105 Å². The van der Waals surface area contributed by atoms with Crippen molar-refractivity contribution in [2.24, 2.45) is 0 Å². The monoisotopic (exact) mass is 254 g/mol. The van der Waals surface area contributed by atoms with Crippen LogP contribution < -0.4 is 10.6 Å². The van der Waals surface area contributed by atoms with Crippen LogP contribution in [-0.2, 0) is 9.59 Å². The molecular formula is C12H18N2O4. The third-order valence-corrected chi connectivity index (χ3v) is 2.57. The molecule has 100 valence electrons. The largest absolute Gasteiger partial charge is 0.466 e. The summed E-state index contributed by atoms with van der Waals surface area (Å²) in [6.45, 7) is 3.79. The van der Waals surface area contributed by atoms with Gasteiger partial charge in [-0.05, 0) is 26.3 Å². The number of aryl methyl sites for hydroxylation is 2. The van der Waals surface area contributed by atoms with Gasteiger partial charge in [-0.1, -0.05) is 0 Å². The fraction of sp³-hybridized carbons (Fsp3) is 0.500. The number of likely N-dealkylation sites (N-methyl/N-ethyl adjacent to an activating group) is 1. The first-order valence-electron chi connectivity index (χ1n) is 5.70. The third-order valence-electron chi connectivity index (χ3n) is 2.57. The highest BCUT2D eigenvalue weighted by molar-refractivity contribution is 6.34. The van der Waals surface area contributed by atoms with Crippen molar-refractivity contribution in [1.82, 2.24) is 10.6 Å². The number of rotatable bonds is 4. The Balaban J connectivity index is 2.42. The Kier molecular flexibility index (Phi) is 4.91. The van der Waals surface area contributed by atoms with Gasteiger partial charge in [0.05, 0.1) is 6.10 Å². The highest BCUT2D eigenvalue weighted by atomic mass is 16.3. The molecule has 0 aromatic carbocycles. The van der Waals surface area contributed by atoms with Crippen LogP contribution in [0.4, 0.5) is 0 Å². The lowest BCUT2D eigenvalue weighted by Crippen LogP contribution is -2.38. The summed E-state index contributed by atoms with van der Waals surface area (Å²) in [7, 11) is 1.38. The van der Waals surface area contributed by atoms with E-state index in [4.69, 9.17) is 4.42 Å². The molecule has 1 unspecified atom stereocenters. The molecule has 0 fully saturated rings. The highest BCUT2D eigenvalue weighted by Crippen LogP contribution is 2.23. The molecule has 0 saturated heterocycles. The molecule has 0 saturated carbocycles. The van der Waals surface area contributed by atoms with Crippen LogP contribution in [0.3, 0.4) is 0 Å². The first-order valence-corrected chi connectivity index (χ1v) is 5.70. The number of furan rings is 1. The van der Waals surface area contributed by atoms with Gasteiger partial charge in [-0.15, -0.1) is 0 Å². The SMILES string of the molecule is CNC(=O)C(=O)NCCC(O)c1cc(C)oc1C. The van der Waals surface area contributed by atoms with E-state index >= 15 is 0 Å². The molecule has 6 heteroatoms. The Bertz CT molecular complexity index is 439.